The molecular formula is C14H23NO3. The molecule has 0 spiro atoms. The third kappa shape index (κ3) is 3.53. The number of aryl methyl sites for hydroxylation is 1. The van der Waals surface area contributed by atoms with Gasteiger partial charge in [-0.3, -0.25) is 0 Å². The van der Waals surface area contributed by atoms with Crippen molar-refractivity contribution in [1.82, 2.24) is 0 Å². The number of ether oxygens (including phenoxy) is 2. The van der Waals surface area contributed by atoms with Crippen molar-refractivity contribution in [3.05, 3.63) is 17.7 Å². The third-order valence-electron chi connectivity index (χ3n) is 2.90. The summed E-state index contributed by atoms with van der Waals surface area (Å²) in [4.78, 5) is 0. The van der Waals surface area contributed by atoms with Crippen LogP contribution in [0.3, 0.4) is 0 Å². The van der Waals surface area contributed by atoms with E-state index in [4.69, 9.17) is 9.47 Å². The highest BCUT2D eigenvalue weighted by molar-refractivity contribution is 5.62. The lowest BCUT2D eigenvalue weighted by atomic mass is 9.95. The van der Waals surface area contributed by atoms with Gasteiger partial charge >= 0.3 is 0 Å². The summed E-state index contributed by atoms with van der Waals surface area (Å²) in [5.41, 5.74) is 1.73. The van der Waals surface area contributed by atoms with Gasteiger partial charge in [0.2, 0.25) is 0 Å². The van der Waals surface area contributed by atoms with Crippen LogP contribution in [-0.4, -0.2) is 32.5 Å². The molecule has 0 unspecified atom stereocenters. The molecule has 0 aliphatic carbocycles. The Morgan fingerprint density at radius 1 is 1.17 bits per heavy atom. The van der Waals surface area contributed by atoms with Crippen molar-refractivity contribution in [3.8, 4) is 11.5 Å². The van der Waals surface area contributed by atoms with Gasteiger partial charge in [-0.15, -0.1) is 0 Å². The lowest BCUT2D eigenvalue weighted by molar-refractivity contribution is 0.170. The first-order chi connectivity index (χ1) is 8.43. The van der Waals surface area contributed by atoms with Gasteiger partial charge in [-0.2, -0.15) is 0 Å². The molecule has 0 fully saturated rings. The van der Waals surface area contributed by atoms with E-state index < -0.39 is 0 Å². The first-order valence-electron chi connectivity index (χ1n) is 6.01. The Labute approximate surface area is 109 Å². The average molecular weight is 253 g/mol. The number of methoxy groups -OCH3 is 2. The number of aliphatic hydroxyl groups is 1. The summed E-state index contributed by atoms with van der Waals surface area (Å²) in [6.45, 7) is 6.76. The van der Waals surface area contributed by atoms with E-state index in [0.29, 0.717) is 6.54 Å². The molecule has 4 heteroatoms. The molecule has 4 nitrogen and oxygen atoms in total. The van der Waals surface area contributed by atoms with Crippen LogP contribution < -0.4 is 14.8 Å². The van der Waals surface area contributed by atoms with Crippen molar-refractivity contribution in [1.29, 1.82) is 0 Å². The Hall–Kier alpha value is -1.42. The minimum atomic E-state index is -0.177. The first-order valence-corrected chi connectivity index (χ1v) is 6.01. The Kier molecular flexibility index (Phi) is 4.84. The number of nitrogens with one attached hydrogen (secondary N) is 1. The van der Waals surface area contributed by atoms with E-state index in [1.807, 2.05) is 32.9 Å². The first kappa shape index (κ1) is 14.6. The van der Waals surface area contributed by atoms with E-state index in [-0.39, 0.29) is 12.0 Å². The Morgan fingerprint density at radius 2 is 1.78 bits per heavy atom. The SMILES string of the molecule is COc1cc(NCC(C)(C)CO)c(OC)cc1C. The van der Waals surface area contributed by atoms with Crippen LogP contribution >= 0.6 is 0 Å². The lowest BCUT2D eigenvalue weighted by Crippen LogP contribution is -2.26. The topological polar surface area (TPSA) is 50.7 Å². The molecule has 1 aromatic rings. The standard InChI is InChI=1S/C14H23NO3/c1-10-6-13(18-5)11(7-12(10)17-4)15-8-14(2,3)9-16/h6-7,15-16H,8-9H2,1-5H3. The number of hydrogen-bond donors (Lipinski definition) is 2. The number of hydrogen-bond acceptors (Lipinski definition) is 4. The summed E-state index contributed by atoms with van der Waals surface area (Å²) >= 11 is 0. The maximum absolute atomic E-state index is 9.25. The van der Waals surface area contributed by atoms with Crippen molar-refractivity contribution in [2.75, 3.05) is 32.7 Å². The van der Waals surface area contributed by atoms with Crippen LogP contribution in [0.15, 0.2) is 12.1 Å². The monoisotopic (exact) mass is 253 g/mol. The van der Waals surface area contributed by atoms with E-state index in [1.54, 1.807) is 14.2 Å². The van der Waals surface area contributed by atoms with Crippen LogP contribution in [0.1, 0.15) is 19.4 Å². The van der Waals surface area contributed by atoms with Gasteiger partial charge in [0, 0.05) is 24.6 Å². The minimum Gasteiger partial charge on any atom is -0.496 e. The molecule has 0 heterocycles. The molecule has 0 saturated carbocycles. The summed E-state index contributed by atoms with van der Waals surface area (Å²) in [5, 5.41) is 12.5. The zero-order chi connectivity index (χ0) is 13.8. The molecule has 0 atom stereocenters. The average Bonchev–Trinajstić information content (AvgIpc) is 2.36. The predicted molar refractivity (Wildman–Crippen MR) is 73.6 cm³/mol. The molecule has 2 N–H and O–H groups in total. The highest BCUT2D eigenvalue weighted by atomic mass is 16.5. The van der Waals surface area contributed by atoms with Crippen molar-refractivity contribution in [2.24, 2.45) is 5.41 Å². The van der Waals surface area contributed by atoms with Crippen LogP contribution in [0.4, 0.5) is 5.69 Å². The molecule has 1 aromatic carbocycles. The fourth-order valence-electron chi connectivity index (χ4n) is 1.58. The third-order valence-corrected chi connectivity index (χ3v) is 2.90. The van der Waals surface area contributed by atoms with Crippen LogP contribution in [-0.2, 0) is 0 Å². The molecule has 0 aromatic heterocycles. The Balaban J connectivity index is 2.93. The van der Waals surface area contributed by atoms with Crippen LogP contribution in [0, 0.1) is 12.3 Å². The summed E-state index contributed by atoms with van der Waals surface area (Å²) < 4.78 is 10.6. The second kappa shape index (κ2) is 5.96. The zero-order valence-electron chi connectivity index (χ0n) is 11.8. The van der Waals surface area contributed by atoms with Gasteiger partial charge < -0.3 is 19.9 Å². The minimum absolute atomic E-state index is 0.130. The van der Waals surface area contributed by atoms with E-state index >= 15 is 0 Å². The van der Waals surface area contributed by atoms with Gasteiger partial charge in [0.1, 0.15) is 11.5 Å². The molecule has 0 radical (unpaired) electrons. The quantitative estimate of drug-likeness (QED) is 0.817. The number of aliphatic hydroxyl groups excluding tert-OH is 1. The summed E-state index contributed by atoms with van der Waals surface area (Å²) in [5.74, 6) is 1.60. The zero-order valence-corrected chi connectivity index (χ0v) is 11.8. The van der Waals surface area contributed by atoms with Crippen molar-refractivity contribution < 1.29 is 14.6 Å². The second-order valence-electron chi connectivity index (χ2n) is 5.20. The maximum atomic E-state index is 9.25. The van der Waals surface area contributed by atoms with Crippen LogP contribution in [0.5, 0.6) is 11.5 Å². The van der Waals surface area contributed by atoms with Crippen LogP contribution in [0.2, 0.25) is 0 Å². The molecule has 0 aliphatic heterocycles. The van der Waals surface area contributed by atoms with Gasteiger partial charge in [-0.25, -0.2) is 0 Å². The van der Waals surface area contributed by atoms with E-state index in [2.05, 4.69) is 5.32 Å². The Bertz CT molecular complexity index is 402. The normalized spacial score (nSPS) is 11.2. The lowest BCUT2D eigenvalue weighted by Gasteiger charge is -2.24. The molecular weight excluding hydrogens is 230 g/mol. The summed E-state index contributed by atoms with van der Waals surface area (Å²) in [6, 6.07) is 3.86. The summed E-state index contributed by atoms with van der Waals surface area (Å²) in [7, 11) is 3.29. The molecule has 18 heavy (non-hydrogen) atoms. The van der Waals surface area contributed by atoms with Gasteiger partial charge in [0.15, 0.2) is 0 Å². The van der Waals surface area contributed by atoms with Crippen LogP contribution in [0.25, 0.3) is 0 Å². The van der Waals surface area contributed by atoms with Gasteiger partial charge in [-0.05, 0) is 18.6 Å². The molecule has 0 saturated heterocycles. The number of anilines is 1. The van der Waals surface area contributed by atoms with E-state index in [0.717, 1.165) is 22.7 Å². The predicted octanol–water partition coefficient (Wildman–Crippen LogP) is 2.44. The van der Waals surface area contributed by atoms with Gasteiger partial charge in [0.05, 0.1) is 19.9 Å². The maximum Gasteiger partial charge on any atom is 0.142 e. The largest absolute Gasteiger partial charge is 0.496 e. The van der Waals surface area contributed by atoms with Gasteiger partial charge in [-0.1, -0.05) is 13.8 Å². The molecule has 1 rings (SSSR count). The second-order valence-corrected chi connectivity index (χ2v) is 5.20. The molecule has 0 bridgehead atoms. The van der Waals surface area contributed by atoms with Crippen molar-refractivity contribution in [3.63, 3.8) is 0 Å². The summed E-state index contributed by atoms with van der Waals surface area (Å²) in [6.07, 6.45) is 0. The number of rotatable bonds is 6. The number of benzene rings is 1. The molecule has 102 valence electrons. The van der Waals surface area contributed by atoms with Crippen molar-refractivity contribution >= 4 is 5.69 Å². The highest BCUT2D eigenvalue weighted by Gasteiger charge is 2.17. The Morgan fingerprint density at radius 3 is 2.28 bits per heavy atom. The fourth-order valence-corrected chi connectivity index (χ4v) is 1.58. The smallest absolute Gasteiger partial charge is 0.142 e. The van der Waals surface area contributed by atoms with Gasteiger partial charge in [0.25, 0.3) is 0 Å². The fraction of sp³-hybridized carbons (Fsp3) is 0.571. The van der Waals surface area contributed by atoms with Crippen molar-refractivity contribution in [2.45, 2.75) is 20.8 Å². The molecule has 0 aliphatic rings. The van der Waals surface area contributed by atoms with E-state index in [1.165, 1.54) is 0 Å². The van der Waals surface area contributed by atoms with E-state index in [9.17, 15) is 5.11 Å². The highest BCUT2D eigenvalue weighted by Crippen LogP contribution is 2.33. The molecule has 0 amide bonds.